The Morgan fingerprint density at radius 3 is 1.97 bits per heavy atom. The van der Waals surface area contributed by atoms with Crippen molar-refractivity contribution in [3.63, 3.8) is 0 Å². The minimum absolute atomic E-state index is 0.246. The third-order valence-corrected chi connectivity index (χ3v) is 5.31. The van der Waals surface area contributed by atoms with Gasteiger partial charge in [0.25, 0.3) is 0 Å². The molecule has 0 amide bonds. The summed E-state index contributed by atoms with van der Waals surface area (Å²) in [6, 6.07) is 21.0. The third-order valence-electron chi connectivity index (χ3n) is 5.31. The lowest BCUT2D eigenvalue weighted by atomic mass is 10.2. The van der Waals surface area contributed by atoms with Crippen LogP contribution < -0.4 is 18.9 Å². The summed E-state index contributed by atoms with van der Waals surface area (Å²) in [5, 5.41) is 0. The number of hydrogen-bond donors (Lipinski definition) is 0. The maximum Gasteiger partial charge on any atom is 0.343 e. The van der Waals surface area contributed by atoms with Crippen LogP contribution in [0.2, 0.25) is 0 Å². The molecule has 0 saturated heterocycles. The molecule has 0 fully saturated rings. The number of esters is 2. The predicted octanol–water partition coefficient (Wildman–Crippen LogP) is 6.51. The van der Waals surface area contributed by atoms with E-state index in [-0.39, 0.29) is 6.79 Å². The van der Waals surface area contributed by atoms with Crippen molar-refractivity contribution >= 4 is 11.9 Å². The van der Waals surface area contributed by atoms with E-state index in [2.05, 4.69) is 13.5 Å². The van der Waals surface area contributed by atoms with Crippen LogP contribution in [0.5, 0.6) is 23.0 Å². The van der Waals surface area contributed by atoms with Gasteiger partial charge in [-0.2, -0.15) is 0 Å². The number of carbonyl (C=O) groups is 2. The smallest absolute Gasteiger partial charge is 0.343 e. The second-order valence-electron chi connectivity index (χ2n) is 8.16. The molecule has 0 aliphatic rings. The van der Waals surface area contributed by atoms with E-state index in [4.69, 9.17) is 23.7 Å². The molecule has 0 saturated carbocycles. The van der Waals surface area contributed by atoms with Crippen LogP contribution in [0.15, 0.2) is 85.5 Å². The highest BCUT2D eigenvalue weighted by molar-refractivity contribution is 5.91. The predicted molar refractivity (Wildman–Crippen MR) is 140 cm³/mol. The molecular formula is C30H32O7. The maximum absolute atomic E-state index is 12.4. The number of ether oxygens (including phenoxy) is 5. The van der Waals surface area contributed by atoms with Gasteiger partial charge >= 0.3 is 11.9 Å². The van der Waals surface area contributed by atoms with Crippen LogP contribution in [0, 0.1) is 0 Å². The summed E-state index contributed by atoms with van der Waals surface area (Å²) in [4.78, 5) is 23.4. The number of hydrogen-bond acceptors (Lipinski definition) is 7. The second kappa shape index (κ2) is 15.0. The fraction of sp³-hybridized carbons (Fsp3) is 0.267. The number of benzene rings is 3. The Hall–Kier alpha value is -4.26. The van der Waals surface area contributed by atoms with Crippen molar-refractivity contribution < 1.29 is 33.3 Å². The maximum atomic E-state index is 12.4. The highest BCUT2D eigenvalue weighted by Crippen LogP contribution is 2.21. The fourth-order valence-electron chi connectivity index (χ4n) is 3.24. The Morgan fingerprint density at radius 2 is 1.32 bits per heavy atom. The average molecular weight is 505 g/mol. The molecule has 0 aromatic heterocycles. The third kappa shape index (κ3) is 9.72. The number of unbranched alkanes of at least 4 members (excludes halogenated alkanes) is 3. The summed E-state index contributed by atoms with van der Waals surface area (Å²) in [5.41, 5.74) is 1.30. The van der Waals surface area contributed by atoms with Gasteiger partial charge in [0.15, 0.2) is 0 Å². The molecule has 7 heteroatoms. The Balaban J connectivity index is 1.41. The second-order valence-corrected chi connectivity index (χ2v) is 8.16. The summed E-state index contributed by atoms with van der Waals surface area (Å²) < 4.78 is 27.1. The molecule has 7 nitrogen and oxygen atoms in total. The van der Waals surface area contributed by atoms with Crippen LogP contribution in [0.1, 0.15) is 48.5 Å². The first-order valence-electron chi connectivity index (χ1n) is 12.3. The molecule has 3 aromatic carbocycles. The largest absolute Gasteiger partial charge is 0.494 e. The normalized spacial score (nSPS) is 10.3. The van der Waals surface area contributed by atoms with E-state index in [0.29, 0.717) is 23.7 Å². The van der Waals surface area contributed by atoms with E-state index in [1.54, 1.807) is 36.4 Å². The van der Waals surface area contributed by atoms with Crippen molar-refractivity contribution in [2.75, 3.05) is 13.4 Å². The molecule has 0 bridgehead atoms. The molecule has 0 heterocycles. The number of rotatable bonds is 15. The topological polar surface area (TPSA) is 80.3 Å². The van der Waals surface area contributed by atoms with Gasteiger partial charge in [0, 0.05) is 6.08 Å². The van der Waals surface area contributed by atoms with Gasteiger partial charge < -0.3 is 23.7 Å². The van der Waals surface area contributed by atoms with E-state index in [9.17, 15) is 9.59 Å². The first-order chi connectivity index (χ1) is 18.1. The van der Waals surface area contributed by atoms with Crippen LogP contribution in [0.4, 0.5) is 0 Å². The Labute approximate surface area is 217 Å². The van der Waals surface area contributed by atoms with E-state index in [0.717, 1.165) is 36.2 Å². The minimum atomic E-state index is -0.578. The van der Waals surface area contributed by atoms with Crippen LogP contribution in [-0.4, -0.2) is 25.3 Å². The molecule has 0 atom stereocenters. The lowest BCUT2D eigenvalue weighted by Gasteiger charge is -2.10. The van der Waals surface area contributed by atoms with Gasteiger partial charge in [0.05, 0.1) is 12.2 Å². The van der Waals surface area contributed by atoms with Gasteiger partial charge in [-0.25, -0.2) is 9.59 Å². The van der Waals surface area contributed by atoms with Crippen LogP contribution in [-0.2, 0) is 16.1 Å². The Kier molecular flexibility index (Phi) is 11.1. The van der Waals surface area contributed by atoms with Crippen LogP contribution in [0.25, 0.3) is 0 Å². The summed E-state index contributed by atoms with van der Waals surface area (Å²) >= 11 is 0. The first kappa shape index (κ1) is 27.3. The molecule has 3 rings (SSSR count). The Morgan fingerprint density at radius 1 is 0.730 bits per heavy atom. The van der Waals surface area contributed by atoms with Crippen LogP contribution >= 0.6 is 0 Å². The average Bonchev–Trinajstić information content (AvgIpc) is 2.93. The standard InChI is InChI=1S/C30H32O7/c1-3-5-6-7-20-33-25-16-18-26(19-17-25)34-21-23-8-12-28(13-9-23)37-30(32)24-10-14-27(15-11-24)35-22-36-29(31)4-2/h4,8-19H,2-3,5-7,20-22H2,1H3. The summed E-state index contributed by atoms with van der Waals surface area (Å²) in [7, 11) is 0. The van der Waals surface area contributed by atoms with Crippen molar-refractivity contribution in [2.45, 2.75) is 39.2 Å². The van der Waals surface area contributed by atoms with Gasteiger partial charge in [-0.1, -0.05) is 44.9 Å². The van der Waals surface area contributed by atoms with Gasteiger partial charge in [-0.15, -0.1) is 0 Å². The molecule has 0 radical (unpaired) electrons. The summed E-state index contributed by atoms with van der Waals surface area (Å²) in [6.07, 6.45) is 5.76. The van der Waals surface area contributed by atoms with Gasteiger partial charge in [-0.3, -0.25) is 0 Å². The zero-order valence-corrected chi connectivity index (χ0v) is 21.0. The molecular weight excluding hydrogens is 472 g/mol. The van der Waals surface area contributed by atoms with Crippen molar-refractivity contribution in [1.29, 1.82) is 0 Å². The van der Waals surface area contributed by atoms with Gasteiger partial charge in [0.2, 0.25) is 6.79 Å². The SMILES string of the molecule is C=CC(=O)OCOc1ccc(C(=O)Oc2ccc(COc3ccc(OCCCCCC)cc3)cc2)cc1. The fourth-order valence-corrected chi connectivity index (χ4v) is 3.24. The van der Waals surface area contributed by atoms with E-state index < -0.39 is 11.9 Å². The Bertz CT molecular complexity index is 1120. The van der Waals surface area contributed by atoms with Crippen molar-refractivity contribution in [3.05, 3.63) is 96.6 Å². The molecule has 37 heavy (non-hydrogen) atoms. The lowest BCUT2D eigenvalue weighted by Crippen LogP contribution is -2.09. The molecule has 0 aliphatic heterocycles. The summed E-state index contributed by atoms with van der Waals surface area (Å²) in [5.74, 6) is 1.38. The molecule has 194 valence electrons. The molecule has 3 aromatic rings. The zero-order valence-electron chi connectivity index (χ0n) is 21.0. The first-order valence-corrected chi connectivity index (χ1v) is 12.3. The molecule has 0 spiro atoms. The quantitative estimate of drug-likeness (QED) is 0.0767. The van der Waals surface area contributed by atoms with E-state index in [1.165, 1.54) is 19.3 Å². The van der Waals surface area contributed by atoms with E-state index in [1.807, 2.05) is 36.4 Å². The molecule has 0 N–H and O–H groups in total. The molecule has 0 unspecified atom stereocenters. The summed E-state index contributed by atoms with van der Waals surface area (Å²) in [6.45, 7) is 6.36. The van der Waals surface area contributed by atoms with Gasteiger partial charge in [0.1, 0.15) is 29.6 Å². The highest BCUT2D eigenvalue weighted by Gasteiger charge is 2.09. The van der Waals surface area contributed by atoms with Crippen molar-refractivity contribution in [2.24, 2.45) is 0 Å². The van der Waals surface area contributed by atoms with Crippen molar-refractivity contribution in [3.8, 4) is 23.0 Å². The van der Waals surface area contributed by atoms with Gasteiger partial charge in [-0.05, 0) is 72.6 Å². The monoisotopic (exact) mass is 504 g/mol. The minimum Gasteiger partial charge on any atom is -0.494 e. The highest BCUT2D eigenvalue weighted by atomic mass is 16.7. The zero-order chi connectivity index (χ0) is 26.3. The van der Waals surface area contributed by atoms with Crippen molar-refractivity contribution in [1.82, 2.24) is 0 Å². The van der Waals surface area contributed by atoms with E-state index >= 15 is 0 Å². The molecule has 0 aliphatic carbocycles. The lowest BCUT2D eigenvalue weighted by molar-refractivity contribution is -0.144. The van der Waals surface area contributed by atoms with Crippen LogP contribution in [0.3, 0.4) is 0 Å². The number of carbonyl (C=O) groups excluding carboxylic acids is 2.